The van der Waals surface area contributed by atoms with Crippen LogP contribution >= 0.6 is 0 Å². The Balaban J connectivity index is 1.68. The quantitative estimate of drug-likeness (QED) is 0.928. The molecule has 0 bridgehead atoms. The largest absolute Gasteiger partial charge is 0.339 e. The van der Waals surface area contributed by atoms with Crippen LogP contribution in [0.3, 0.4) is 0 Å². The summed E-state index contributed by atoms with van der Waals surface area (Å²) in [6.07, 6.45) is 4.77. The van der Waals surface area contributed by atoms with Gasteiger partial charge in [-0.15, -0.1) is 0 Å². The molecule has 1 saturated carbocycles. The number of likely N-dealkylation sites (tertiary alicyclic amines) is 1. The van der Waals surface area contributed by atoms with Gasteiger partial charge in [-0.1, -0.05) is 24.3 Å². The maximum atomic E-state index is 12.6. The molecule has 3 nitrogen and oxygen atoms in total. The molecular formula is C18H26N2O. The van der Waals surface area contributed by atoms with Gasteiger partial charge < -0.3 is 10.6 Å². The highest BCUT2D eigenvalue weighted by Crippen LogP contribution is 2.36. The molecule has 1 aromatic carbocycles. The first-order valence-corrected chi connectivity index (χ1v) is 8.12. The van der Waals surface area contributed by atoms with Crippen molar-refractivity contribution in [2.75, 3.05) is 6.54 Å². The minimum absolute atomic E-state index is 0.211. The Kier molecular flexibility index (Phi) is 3.78. The predicted octanol–water partition coefficient (Wildman–Crippen LogP) is 2.97. The molecule has 2 atom stereocenters. The summed E-state index contributed by atoms with van der Waals surface area (Å²) in [6, 6.07) is 8.87. The molecule has 2 aliphatic rings. The van der Waals surface area contributed by atoms with Gasteiger partial charge in [-0.2, -0.15) is 0 Å². The molecule has 1 heterocycles. The van der Waals surface area contributed by atoms with Crippen molar-refractivity contribution in [3.8, 4) is 0 Å². The molecule has 2 fully saturated rings. The van der Waals surface area contributed by atoms with Gasteiger partial charge >= 0.3 is 0 Å². The Labute approximate surface area is 127 Å². The molecule has 1 saturated heterocycles. The highest BCUT2D eigenvalue weighted by molar-refractivity contribution is 5.78. The molecule has 1 aliphatic carbocycles. The molecule has 0 unspecified atom stereocenters. The minimum atomic E-state index is -0.211. The number of benzene rings is 1. The number of amides is 1. The lowest BCUT2D eigenvalue weighted by Crippen LogP contribution is -2.51. The zero-order valence-electron chi connectivity index (χ0n) is 13.1. The minimum Gasteiger partial charge on any atom is -0.339 e. The van der Waals surface area contributed by atoms with Crippen LogP contribution in [0.2, 0.25) is 0 Å². The lowest BCUT2D eigenvalue weighted by atomic mass is 9.75. The zero-order valence-corrected chi connectivity index (χ0v) is 13.1. The fourth-order valence-electron chi connectivity index (χ4n) is 3.86. The van der Waals surface area contributed by atoms with E-state index in [4.69, 9.17) is 5.73 Å². The van der Waals surface area contributed by atoms with E-state index in [1.165, 1.54) is 17.5 Å². The van der Waals surface area contributed by atoms with Crippen LogP contribution in [-0.2, 0) is 4.79 Å². The first-order valence-electron chi connectivity index (χ1n) is 8.12. The topological polar surface area (TPSA) is 46.3 Å². The monoisotopic (exact) mass is 286 g/mol. The molecule has 3 heteroatoms. The van der Waals surface area contributed by atoms with Crippen molar-refractivity contribution >= 4 is 5.91 Å². The number of nitrogens with zero attached hydrogens (tertiary/aromatic N) is 1. The summed E-state index contributed by atoms with van der Waals surface area (Å²) < 4.78 is 0. The van der Waals surface area contributed by atoms with Crippen molar-refractivity contribution in [1.29, 1.82) is 0 Å². The molecule has 0 radical (unpaired) electrons. The van der Waals surface area contributed by atoms with E-state index in [0.29, 0.717) is 18.4 Å². The lowest BCUT2D eigenvalue weighted by molar-refractivity contribution is -0.133. The standard InChI is InChI=1S/C18H26N2O/c1-13-6-3-4-7-16(13)15-10-14(2)20(12-15)17(21)11-18(19)8-5-9-18/h3-4,6-7,14-15H,5,8-12,19H2,1-2H3/t14-,15+/m0/s1. The van der Waals surface area contributed by atoms with Crippen molar-refractivity contribution in [3.05, 3.63) is 35.4 Å². The predicted molar refractivity (Wildman–Crippen MR) is 85.1 cm³/mol. The summed E-state index contributed by atoms with van der Waals surface area (Å²) in [4.78, 5) is 14.6. The molecule has 2 N–H and O–H groups in total. The third kappa shape index (κ3) is 2.84. The van der Waals surface area contributed by atoms with Crippen LogP contribution in [0.15, 0.2) is 24.3 Å². The maximum Gasteiger partial charge on any atom is 0.224 e. The van der Waals surface area contributed by atoms with E-state index < -0.39 is 0 Å². The second kappa shape index (κ2) is 5.45. The van der Waals surface area contributed by atoms with Gasteiger partial charge in [0, 0.05) is 30.5 Å². The van der Waals surface area contributed by atoms with Crippen LogP contribution in [0.5, 0.6) is 0 Å². The molecule has 114 valence electrons. The van der Waals surface area contributed by atoms with Crippen molar-refractivity contribution in [2.45, 2.75) is 63.5 Å². The van der Waals surface area contributed by atoms with Crippen LogP contribution in [0.25, 0.3) is 0 Å². The highest BCUT2D eigenvalue weighted by atomic mass is 16.2. The summed E-state index contributed by atoms with van der Waals surface area (Å²) in [5.74, 6) is 0.723. The molecule has 1 aliphatic heterocycles. The average Bonchev–Trinajstić information content (AvgIpc) is 2.79. The number of carbonyl (C=O) groups is 1. The van der Waals surface area contributed by atoms with Gasteiger partial charge in [-0.05, 0) is 50.7 Å². The van der Waals surface area contributed by atoms with Gasteiger partial charge in [-0.3, -0.25) is 4.79 Å². The Bertz CT molecular complexity index is 536. The van der Waals surface area contributed by atoms with Crippen molar-refractivity contribution in [1.82, 2.24) is 4.90 Å². The lowest BCUT2D eigenvalue weighted by Gasteiger charge is -2.39. The van der Waals surface area contributed by atoms with Gasteiger partial charge in [0.25, 0.3) is 0 Å². The Hall–Kier alpha value is -1.35. The summed E-state index contributed by atoms with van der Waals surface area (Å²) >= 11 is 0. The smallest absolute Gasteiger partial charge is 0.224 e. The highest BCUT2D eigenvalue weighted by Gasteiger charge is 2.39. The van der Waals surface area contributed by atoms with Crippen LogP contribution < -0.4 is 5.73 Å². The van der Waals surface area contributed by atoms with E-state index in [9.17, 15) is 4.79 Å². The first-order chi connectivity index (χ1) is 9.98. The van der Waals surface area contributed by atoms with Crippen molar-refractivity contribution < 1.29 is 4.79 Å². The van der Waals surface area contributed by atoms with E-state index in [1.807, 2.05) is 0 Å². The second-order valence-corrected chi connectivity index (χ2v) is 7.08. The molecular weight excluding hydrogens is 260 g/mol. The van der Waals surface area contributed by atoms with Crippen LogP contribution in [-0.4, -0.2) is 28.9 Å². The summed E-state index contributed by atoms with van der Waals surface area (Å²) in [6.45, 7) is 5.18. The molecule has 0 spiro atoms. The maximum absolute atomic E-state index is 12.6. The number of hydrogen-bond donors (Lipinski definition) is 1. The van der Waals surface area contributed by atoms with E-state index in [2.05, 4.69) is 43.0 Å². The third-order valence-corrected chi connectivity index (χ3v) is 5.38. The number of aryl methyl sites for hydroxylation is 1. The fraction of sp³-hybridized carbons (Fsp3) is 0.611. The van der Waals surface area contributed by atoms with Gasteiger partial charge in [0.05, 0.1) is 0 Å². The molecule has 1 amide bonds. The Morgan fingerprint density at radius 2 is 2.10 bits per heavy atom. The normalized spacial score (nSPS) is 27.5. The number of carbonyl (C=O) groups excluding carboxylic acids is 1. The van der Waals surface area contributed by atoms with Crippen molar-refractivity contribution in [2.24, 2.45) is 5.73 Å². The summed E-state index contributed by atoms with van der Waals surface area (Å²) in [7, 11) is 0. The van der Waals surface area contributed by atoms with Gasteiger partial charge in [0.2, 0.25) is 5.91 Å². The number of hydrogen-bond acceptors (Lipinski definition) is 2. The molecule has 0 aromatic heterocycles. The summed E-state index contributed by atoms with van der Waals surface area (Å²) in [5, 5.41) is 0. The molecule has 1 aromatic rings. The van der Waals surface area contributed by atoms with Crippen molar-refractivity contribution in [3.63, 3.8) is 0 Å². The van der Waals surface area contributed by atoms with Crippen LogP contribution in [0.4, 0.5) is 0 Å². The SMILES string of the molecule is Cc1ccccc1[C@@H]1C[C@H](C)N(C(=O)CC2(N)CCC2)C1. The van der Waals surface area contributed by atoms with Gasteiger partial charge in [-0.25, -0.2) is 0 Å². The second-order valence-electron chi connectivity index (χ2n) is 7.08. The van der Waals surface area contributed by atoms with E-state index in [0.717, 1.165) is 25.8 Å². The Morgan fingerprint density at radius 3 is 2.71 bits per heavy atom. The first kappa shape index (κ1) is 14.6. The molecule has 3 rings (SSSR count). The van der Waals surface area contributed by atoms with E-state index in [-0.39, 0.29) is 11.4 Å². The van der Waals surface area contributed by atoms with Crippen LogP contribution in [0, 0.1) is 6.92 Å². The van der Waals surface area contributed by atoms with Crippen LogP contribution in [0.1, 0.15) is 56.1 Å². The summed E-state index contributed by atoms with van der Waals surface area (Å²) in [5.41, 5.74) is 8.75. The fourth-order valence-corrected chi connectivity index (χ4v) is 3.86. The Morgan fingerprint density at radius 1 is 1.38 bits per heavy atom. The average molecular weight is 286 g/mol. The van der Waals surface area contributed by atoms with Gasteiger partial charge in [0.15, 0.2) is 0 Å². The zero-order chi connectivity index (χ0) is 15.0. The third-order valence-electron chi connectivity index (χ3n) is 5.38. The molecule has 21 heavy (non-hydrogen) atoms. The number of rotatable bonds is 3. The van der Waals surface area contributed by atoms with E-state index in [1.54, 1.807) is 0 Å². The number of nitrogens with two attached hydrogens (primary N) is 1. The van der Waals surface area contributed by atoms with Gasteiger partial charge in [0.1, 0.15) is 0 Å². The van der Waals surface area contributed by atoms with E-state index >= 15 is 0 Å².